The molecular formula is C17H35N3O2. The second kappa shape index (κ2) is 12.7. The summed E-state index contributed by atoms with van der Waals surface area (Å²) in [5, 5.41) is 6.57. The maximum absolute atomic E-state index is 5.91. The summed E-state index contributed by atoms with van der Waals surface area (Å²) in [4.78, 5) is 4.21. The van der Waals surface area contributed by atoms with Gasteiger partial charge in [0.1, 0.15) is 0 Å². The number of rotatable bonds is 10. The zero-order chi connectivity index (χ0) is 16.0. The summed E-state index contributed by atoms with van der Waals surface area (Å²) in [6.45, 7) is 8.35. The minimum atomic E-state index is 0.504. The van der Waals surface area contributed by atoms with Gasteiger partial charge in [-0.1, -0.05) is 33.1 Å². The van der Waals surface area contributed by atoms with Gasteiger partial charge in [0, 0.05) is 33.4 Å². The van der Waals surface area contributed by atoms with E-state index in [0.717, 1.165) is 38.7 Å². The van der Waals surface area contributed by atoms with Crippen molar-refractivity contribution in [1.29, 1.82) is 0 Å². The van der Waals surface area contributed by atoms with Gasteiger partial charge in [0.15, 0.2) is 5.96 Å². The molecule has 1 aliphatic carbocycles. The molecule has 0 saturated heterocycles. The van der Waals surface area contributed by atoms with E-state index in [2.05, 4.69) is 29.5 Å². The summed E-state index contributed by atoms with van der Waals surface area (Å²) in [5.41, 5.74) is 0. The first-order chi connectivity index (χ1) is 10.7. The van der Waals surface area contributed by atoms with Gasteiger partial charge in [-0.25, -0.2) is 0 Å². The maximum atomic E-state index is 5.91. The van der Waals surface area contributed by atoms with Gasteiger partial charge in [-0.05, 0) is 25.2 Å². The van der Waals surface area contributed by atoms with Crippen molar-refractivity contribution in [1.82, 2.24) is 10.6 Å². The van der Waals surface area contributed by atoms with Gasteiger partial charge in [0.25, 0.3) is 0 Å². The first-order valence-corrected chi connectivity index (χ1v) is 8.86. The van der Waals surface area contributed by atoms with Gasteiger partial charge < -0.3 is 20.1 Å². The van der Waals surface area contributed by atoms with Crippen LogP contribution in [0.4, 0.5) is 0 Å². The molecule has 2 N–H and O–H groups in total. The minimum Gasteiger partial charge on any atom is -0.379 e. The molecule has 0 spiro atoms. The number of nitrogens with zero attached hydrogens (tertiary/aromatic N) is 1. The molecule has 1 saturated carbocycles. The van der Waals surface area contributed by atoms with Crippen LogP contribution in [0.3, 0.4) is 0 Å². The lowest BCUT2D eigenvalue weighted by atomic mass is 9.98. The van der Waals surface area contributed by atoms with Crippen LogP contribution in [0, 0.1) is 5.92 Å². The molecule has 0 heterocycles. The highest BCUT2D eigenvalue weighted by Crippen LogP contribution is 2.20. The van der Waals surface area contributed by atoms with E-state index in [0.29, 0.717) is 18.6 Å². The zero-order valence-corrected chi connectivity index (χ0v) is 14.7. The first-order valence-electron chi connectivity index (χ1n) is 8.86. The van der Waals surface area contributed by atoms with E-state index >= 15 is 0 Å². The van der Waals surface area contributed by atoms with Crippen molar-refractivity contribution in [2.24, 2.45) is 10.9 Å². The van der Waals surface area contributed by atoms with Crippen LogP contribution < -0.4 is 10.6 Å². The Hall–Kier alpha value is -0.810. The summed E-state index contributed by atoms with van der Waals surface area (Å²) in [6.07, 6.45) is 8.05. The highest BCUT2D eigenvalue weighted by atomic mass is 16.5. The van der Waals surface area contributed by atoms with Crippen LogP contribution in [0.1, 0.15) is 52.4 Å². The van der Waals surface area contributed by atoms with Crippen LogP contribution in [-0.2, 0) is 9.47 Å². The molecule has 0 aromatic carbocycles. The number of aliphatic imine (C=N–C) groups is 1. The Morgan fingerprint density at radius 1 is 1.09 bits per heavy atom. The molecule has 1 fully saturated rings. The average molecular weight is 313 g/mol. The largest absolute Gasteiger partial charge is 0.379 e. The molecular weight excluding hydrogens is 278 g/mol. The van der Waals surface area contributed by atoms with E-state index < -0.39 is 0 Å². The van der Waals surface area contributed by atoms with E-state index in [4.69, 9.17) is 9.47 Å². The molecule has 0 unspecified atom stereocenters. The fourth-order valence-corrected chi connectivity index (χ4v) is 2.54. The Labute approximate surface area is 136 Å². The molecule has 0 bridgehead atoms. The van der Waals surface area contributed by atoms with Crippen LogP contribution >= 0.6 is 0 Å². The molecule has 1 aliphatic rings. The highest BCUT2D eigenvalue weighted by Gasteiger charge is 2.12. The molecule has 0 atom stereocenters. The third kappa shape index (κ3) is 10.0. The molecule has 5 nitrogen and oxygen atoms in total. The van der Waals surface area contributed by atoms with Crippen molar-refractivity contribution in [2.75, 3.05) is 40.0 Å². The lowest BCUT2D eigenvalue weighted by Crippen LogP contribution is -2.39. The number of hydrogen-bond acceptors (Lipinski definition) is 3. The van der Waals surface area contributed by atoms with Gasteiger partial charge in [-0.3, -0.25) is 4.99 Å². The second-order valence-electron chi connectivity index (χ2n) is 6.38. The van der Waals surface area contributed by atoms with Crippen molar-refractivity contribution < 1.29 is 9.47 Å². The third-order valence-corrected chi connectivity index (χ3v) is 3.73. The van der Waals surface area contributed by atoms with Gasteiger partial charge in [0.05, 0.1) is 12.7 Å². The van der Waals surface area contributed by atoms with Crippen LogP contribution in [0.5, 0.6) is 0 Å². The average Bonchev–Trinajstić information content (AvgIpc) is 2.53. The fourth-order valence-electron chi connectivity index (χ4n) is 2.54. The Bertz CT molecular complexity index is 290. The molecule has 0 aliphatic heterocycles. The summed E-state index contributed by atoms with van der Waals surface area (Å²) in [6, 6.07) is 0. The van der Waals surface area contributed by atoms with Crippen LogP contribution in [0.15, 0.2) is 4.99 Å². The summed E-state index contributed by atoms with van der Waals surface area (Å²) >= 11 is 0. The smallest absolute Gasteiger partial charge is 0.191 e. The number of guanidine groups is 1. The lowest BCUT2D eigenvalue weighted by Gasteiger charge is -2.22. The van der Waals surface area contributed by atoms with Crippen molar-refractivity contribution >= 4 is 5.96 Å². The number of nitrogens with one attached hydrogen (secondary N) is 2. The molecule has 130 valence electrons. The second-order valence-corrected chi connectivity index (χ2v) is 6.38. The molecule has 1 rings (SSSR count). The van der Waals surface area contributed by atoms with E-state index in [1.807, 2.05) is 0 Å². The number of hydrogen-bond donors (Lipinski definition) is 2. The SMILES string of the molecule is CN=C(NCCCOC1CCCCC1)NCCOCC(C)C. The standard InChI is InChI=1S/C17H35N3O2/c1-15(2)14-21-13-11-20-17(18-3)19-10-7-12-22-16-8-5-4-6-9-16/h15-16H,4-14H2,1-3H3,(H2,18,19,20). The van der Waals surface area contributed by atoms with Crippen molar-refractivity contribution in [2.45, 2.75) is 58.5 Å². The van der Waals surface area contributed by atoms with Crippen molar-refractivity contribution in [3.63, 3.8) is 0 Å². The summed E-state index contributed by atoms with van der Waals surface area (Å²) < 4.78 is 11.4. The summed E-state index contributed by atoms with van der Waals surface area (Å²) in [7, 11) is 1.79. The predicted molar refractivity (Wildman–Crippen MR) is 92.5 cm³/mol. The molecule has 5 heteroatoms. The molecule has 0 amide bonds. The Morgan fingerprint density at radius 2 is 1.82 bits per heavy atom. The maximum Gasteiger partial charge on any atom is 0.191 e. The molecule has 0 aromatic rings. The Balaban J connectivity index is 1.94. The molecule has 0 radical (unpaired) electrons. The van der Waals surface area contributed by atoms with E-state index in [-0.39, 0.29) is 0 Å². The lowest BCUT2D eigenvalue weighted by molar-refractivity contribution is 0.0277. The van der Waals surface area contributed by atoms with E-state index in [9.17, 15) is 0 Å². The van der Waals surface area contributed by atoms with Gasteiger partial charge in [-0.2, -0.15) is 0 Å². The van der Waals surface area contributed by atoms with Crippen LogP contribution in [-0.4, -0.2) is 52.0 Å². The monoisotopic (exact) mass is 313 g/mol. The van der Waals surface area contributed by atoms with Gasteiger partial charge >= 0.3 is 0 Å². The summed E-state index contributed by atoms with van der Waals surface area (Å²) in [5.74, 6) is 1.42. The minimum absolute atomic E-state index is 0.504. The van der Waals surface area contributed by atoms with E-state index in [1.165, 1.54) is 32.1 Å². The van der Waals surface area contributed by atoms with Gasteiger partial charge in [0.2, 0.25) is 0 Å². The molecule has 0 aromatic heterocycles. The Morgan fingerprint density at radius 3 is 2.50 bits per heavy atom. The quantitative estimate of drug-likeness (QED) is 0.370. The fraction of sp³-hybridized carbons (Fsp3) is 0.941. The Kier molecular flexibility index (Phi) is 11.1. The predicted octanol–water partition coefficient (Wildman–Crippen LogP) is 2.56. The zero-order valence-electron chi connectivity index (χ0n) is 14.7. The normalized spacial score (nSPS) is 17.0. The van der Waals surface area contributed by atoms with Gasteiger partial charge in [-0.15, -0.1) is 0 Å². The van der Waals surface area contributed by atoms with Crippen molar-refractivity contribution in [3.05, 3.63) is 0 Å². The van der Waals surface area contributed by atoms with Crippen LogP contribution in [0.25, 0.3) is 0 Å². The van der Waals surface area contributed by atoms with E-state index in [1.54, 1.807) is 7.05 Å². The van der Waals surface area contributed by atoms with Crippen molar-refractivity contribution in [3.8, 4) is 0 Å². The third-order valence-electron chi connectivity index (χ3n) is 3.73. The first kappa shape index (κ1) is 19.2. The molecule has 22 heavy (non-hydrogen) atoms. The number of ether oxygens (including phenoxy) is 2. The topological polar surface area (TPSA) is 54.9 Å². The highest BCUT2D eigenvalue weighted by molar-refractivity contribution is 5.79. The van der Waals surface area contributed by atoms with Crippen LogP contribution in [0.2, 0.25) is 0 Å².